The Labute approximate surface area is 189 Å². The highest BCUT2D eigenvalue weighted by Crippen LogP contribution is 2.31. The fourth-order valence-electron chi connectivity index (χ4n) is 3.22. The summed E-state index contributed by atoms with van der Waals surface area (Å²) in [4.78, 5) is 19.8. The van der Waals surface area contributed by atoms with E-state index in [2.05, 4.69) is 21.2 Å². The molecule has 4 rings (SSSR count). The van der Waals surface area contributed by atoms with Crippen molar-refractivity contribution in [1.82, 2.24) is 0 Å². The number of benzodiazepines with no additional fused rings is 1. The summed E-state index contributed by atoms with van der Waals surface area (Å²) >= 11 is 10.0. The van der Waals surface area contributed by atoms with Crippen LogP contribution in [0.1, 0.15) is 16.7 Å². The third-order valence-electron chi connectivity index (χ3n) is 4.79. The van der Waals surface area contributed by atoms with Crippen LogP contribution in [-0.4, -0.2) is 25.7 Å². The third kappa shape index (κ3) is 4.18. The molecule has 0 fully saturated rings. The number of nitrogens with zero attached hydrogens (tertiary/aromatic N) is 2. The molecule has 1 aliphatic heterocycles. The predicted molar refractivity (Wildman–Crippen MR) is 129 cm³/mol. The van der Waals surface area contributed by atoms with Crippen LogP contribution in [-0.2, 0) is 4.79 Å². The second kappa shape index (κ2) is 8.46. The lowest BCUT2D eigenvalue weighted by Crippen LogP contribution is -2.12. The Kier molecular flexibility index (Phi) is 5.75. The van der Waals surface area contributed by atoms with Gasteiger partial charge in [-0.2, -0.15) is 0 Å². The van der Waals surface area contributed by atoms with Crippen molar-refractivity contribution in [2.45, 2.75) is 0 Å². The molecule has 0 aromatic heterocycles. The topological polar surface area (TPSA) is 44.7 Å². The van der Waals surface area contributed by atoms with Crippen molar-refractivity contribution in [3.05, 3.63) is 98.6 Å². The highest BCUT2D eigenvalue weighted by molar-refractivity contribution is 9.10. The molecule has 1 amide bonds. The maximum Gasteiger partial charge on any atom is 0.274 e. The van der Waals surface area contributed by atoms with Crippen LogP contribution in [0.4, 0.5) is 11.4 Å². The summed E-state index contributed by atoms with van der Waals surface area (Å²) in [5, 5.41) is 3.55. The summed E-state index contributed by atoms with van der Waals surface area (Å²) < 4.78 is 0.891. The molecule has 0 saturated carbocycles. The van der Waals surface area contributed by atoms with E-state index in [1.807, 2.05) is 85.7 Å². The molecule has 3 aromatic carbocycles. The minimum absolute atomic E-state index is 0.266. The van der Waals surface area contributed by atoms with Crippen LogP contribution < -0.4 is 10.2 Å². The number of amides is 1. The SMILES string of the molecule is CN(C)c1ccc(/C=C2\N=C(c3ccccc3Cl)c3cc(Br)ccc3NC2=O)cc1. The number of carbonyl (C=O) groups excluding carboxylic acids is 1. The fourth-order valence-corrected chi connectivity index (χ4v) is 3.81. The smallest absolute Gasteiger partial charge is 0.274 e. The first-order chi connectivity index (χ1) is 14.4. The second-order valence-corrected chi connectivity index (χ2v) is 8.42. The van der Waals surface area contributed by atoms with Crippen LogP contribution in [0.25, 0.3) is 6.08 Å². The van der Waals surface area contributed by atoms with Gasteiger partial charge in [-0.15, -0.1) is 0 Å². The van der Waals surface area contributed by atoms with Crippen LogP contribution in [0.5, 0.6) is 0 Å². The van der Waals surface area contributed by atoms with Crippen LogP contribution in [0.2, 0.25) is 5.02 Å². The van der Waals surface area contributed by atoms with E-state index in [1.165, 1.54) is 0 Å². The summed E-state index contributed by atoms with van der Waals surface area (Å²) in [7, 11) is 3.98. The predicted octanol–water partition coefficient (Wildman–Crippen LogP) is 6.00. The van der Waals surface area contributed by atoms with Crippen molar-refractivity contribution in [3.8, 4) is 0 Å². The molecule has 1 aliphatic rings. The molecule has 150 valence electrons. The first kappa shape index (κ1) is 20.4. The maximum atomic E-state index is 13.0. The minimum Gasteiger partial charge on any atom is -0.378 e. The van der Waals surface area contributed by atoms with Crippen LogP contribution >= 0.6 is 27.5 Å². The van der Waals surface area contributed by atoms with E-state index in [9.17, 15) is 4.79 Å². The normalized spacial score (nSPS) is 14.6. The van der Waals surface area contributed by atoms with E-state index in [4.69, 9.17) is 16.6 Å². The molecule has 4 nitrogen and oxygen atoms in total. The standard InChI is InChI=1S/C24H19BrClN3O/c1-29(2)17-10-7-15(8-11-17)13-22-24(30)28-21-12-9-16(25)14-19(21)23(27-22)18-5-3-4-6-20(18)26/h3-14H,1-2H3,(H,28,30)/b22-13-. The number of benzene rings is 3. The Morgan fingerprint density at radius 1 is 1.00 bits per heavy atom. The van der Waals surface area contributed by atoms with Crippen molar-refractivity contribution in [2.75, 3.05) is 24.3 Å². The van der Waals surface area contributed by atoms with Gasteiger partial charge in [0, 0.05) is 40.4 Å². The molecule has 0 unspecified atom stereocenters. The van der Waals surface area contributed by atoms with Crippen LogP contribution in [0.3, 0.4) is 0 Å². The molecule has 3 aromatic rings. The summed E-state index contributed by atoms with van der Waals surface area (Å²) in [5.41, 5.74) is 5.19. The zero-order valence-corrected chi connectivity index (χ0v) is 18.8. The Bertz CT molecular complexity index is 1180. The van der Waals surface area contributed by atoms with Gasteiger partial charge in [0.25, 0.3) is 5.91 Å². The van der Waals surface area contributed by atoms with E-state index in [1.54, 1.807) is 6.08 Å². The lowest BCUT2D eigenvalue weighted by Gasteiger charge is -2.12. The zero-order valence-electron chi connectivity index (χ0n) is 16.5. The number of halogens is 2. The lowest BCUT2D eigenvalue weighted by atomic mass is 10.0. The number of carbonyl (C=O) groups is 1. The van der Waals surface area contributed by atoms with Gasteiger partial charge in [-0.3, -0.25) is 4.79 Å². The van der Waals surface area contributed by atoms with Gasteiger partial charge in [-0.1, -0.05) is 57.9 Å². The van der Waals surface area contributed by atoms with E-state index < -0.39 is 0 Å². The first-order valence-corrected chi connectivity index (χ1v) is 10.5. The van der Waals surface area contributed by atoms with Crippen LogP contribution in [0.15, 0.2) is 81.9 Å². The molecule has 0 bridgehead atoms. The fraction of sp³-hybridized carbons (Fsp3) is 0.0833. The first-order valence-electron chi connectivity index (χ1n) is 9.36. The molecular formula is C24H19BrClN3O. The second-order valence-electron chi connectivity index (χ2n) is 7.10. The van der Waals surface area contributed by atoms with Crippen molar-refractivity contribution in [1.29, 1.82) is 0 Å². The number of rotatable bonds is 3. The molecular weight excluding hydrogens is 462 g/mol. The van der Waals surface area contributed by atoms with Gasteiger partial charge in [0.2, 0.25) is 0 Å². The van der Waals surface area contributed by atoms with E-state index in [0.717, 1.165) is 26.9 Å². The summed E-state index contributed by atoms with van der Waals surface area (Å²) in [6, 6.07) is 21.1. The Morgan fingerprint density at radius 3 is 2.43 bits per heavy atom. The number of fused-ring (bicyclic) bond motifs is 1. The number of anilines is 2. The number of aliphatic imine (C=N–C) groups is 1. The number of nitrogens with one attached hydrogen (secondary N) is 1. The molecule has 0 aliphatic carbocycles. The molecule has 0 spiro atoms. The van der Waals surface area contributed by atoms with Crippen molar-refractivity contribution in [3.63, 3.8) is 0 Å². The molecule has 0 atom stereocenters. The van der Waals surface area contributed by atoms with Gasteiger partial charge in [0.15, 0.2) is 0 Å². The summed E-state index contributed by atoms with van der Waals surface area (Å²) in [5.74, 6) is -0.266. The average molecular weight is 481 g/mol. The summed E-state index contributed by atoms with van der Waals surface area (Å²) in [6.07, 6.45) is 1.78. The Morgan fingerprint density at radius 2 is 1.73 bits per heavy atom. The van der Waals surface area contributed by atoms with E-state index in [0.29, 0.717) is 22.1 Å². The van der Waals surface area contributed by atoms with Gasteiger partial charge in [-0.05, 0) is 48.0 Å². The number of hydrogen-bond donors (Lipinski definition) is 1. The Hall–Kier alpha value is -2.89. The van der Waals surface area contributed by atoms with Gasteiger partial charge >= 0.3 is 0 Å². The minimum atomic E-state index is -0.266. The molecule has 1 N–H and O–H groups in total. The van der Waals surface area contributed by atoms with Crippen LogP contribution in [0, 0.1) is 0 Å². The summed E-state index contributed by atoms with van der Waals surface area (Å²) in [6.45, 7) is 0. The van der Waals surface area contributed by atoms with E-state index >= 15 is 0 Å². The molecule has 0 saturated heterocycles. The molecule has 6 heteroatoms. The van der Waals surface area contributed by atoms with Crippen molar-refractivity contribution >= 4 is 56.6 Å². The van der Waals surface area contributed by atoms with E-state index in [-0.39, 0.29) is 5.91 Å². The average Bonchev–Trinajstić information content (AvgIpc) is 2.85. The molecule has 30 heavy (non-hydrogen) atoms. The molecule has 0 radical (unpaired) electrons. The van der Waals surface area contributed by atoms with Gasteiger partial charge < -0.3 is 10.2 Å². The zero-order chi connectivity index (χ0) is 21.3. The van der Waals surface area contributed by atoms with Crippen molar-refractivity contribution < 1.29 is 4.79 Å². The lowest BCUT2D eigenvalue weighted by molar-refractivity contribution is -0.112. The van der Waals surface area contributed by atoms with Gasteiger partial charge in [0.05, 0.1) is 11.4 Å². The van der Waals surface area contributed by atoms with Crippen molar-refractivity contribution in [2.24, 2.45) is 4.99 Å². The highest BCUT2D eigenvalue weighted by atomic mass is 79.9. The number of hydrogen-bond acceptors (Lipinski definition) is 3. The monoisotopic (exact) mass is 479 g/mol. The highest BCUT2D eigenvalue weighted by Gasteiger charge is 2.23. The Balaban J connectivity index is 1.88. The maximum absolute atomic E-state index is 13.0. The quantitative estimate of drug-likeness (QED) is 0.467. The largest absolute Gasteiger partial charge is 0.378 e. The molecule has 1 heterocycles. The van der Waals surface area contributed by atoms with Gasteiger partial charge in [0.1, 0.15) is 5.70 Å². The van der Waals surface area contributed by atoms with Gasteiger partial charge in [-0.25, -0.2) is 4.99 Å². The third-order valence-corrected chi connectivity index (χ3v) is 5.61.